The van der Waals surface area contributed by atoms with Gasteiger partial charge in [0.15, 0.2) is 0 Å². The monoisotopic (exact) mass is 786 g/mol. The van der Waals surface area contributed by atoms with Gasteiger partial charge in [-0.15, -0.1) is 0 Å². The number of nitriles is 2. The Morgan fingerprint density at radius 1 is 0.893 bits per heavy atom. The third kappa shape index (κ3) is 8.61. The van der Waals surface area contributed by atoms with Crippen molar-refractivity contribution in [3.05, 3.63) is 82.7 Å². The van der Waals surface area contributed by atoms with Crippen LogP contribution in [0.4, 0.5) is 30.7 Å². The van der Waals surface area contributed by atoms with E-state index in [0.717, 1.165) is 56.3 Å². The molecule has 7 rings (SSSR count). The number of alkyl halides is 6. The van der Waals surface area contributed by atoms with E-state index in [9.17, 15) is 45.6 Å². The van der Waals surface area contributed by atoms with Crippen molar-refractivity contribution < 1.29 is 45.1 Å². The summed E-state index contributed by atoms with van der Waals surface area (Å²) in [5.74, 6) is -0.781. The zero-order valence-electron chi connectivity index (χ0n) is 31.1. The predicted octanol–water partition coefficient (Wildman–Crippen LogP) is 9.10. The molecule has 7 nitrogen and oxygen atoms in total. The molecule has 4 aliphatic carbocycles. The Hall–Kier alpha value is -4.43. The Bertz CT molecular complexity index is 1860. The van der Waals surface area contributed by atoms with Crippen LogP contribution < -0.4 is 5.32 Å². The molecular formula is C42H45F7N4O3. The van der Waals surface area contributed by atoms with Crippen molar-refractivity contribution in [1.82, 2.24) is 10.2 Å². The maximum absolute atomic E-state index is 13.6. The molecule has 7 unspecified atom stereocenters. The highest BCUT2D eigenvalue weighted by atomic mass is 19.4. The predicted molar refractivity (Wildman–Crippen MR) is 190 cm³/mol. The van der Waals surface area contributed by atoms with Crippen LogP contribution in [0, 0.1) is 63.0 Å². The molecule has 2 aromatic carbocycles. The van der Waals surface area contributed by atoms with Crippen LogP contribution in [-0.2, 0) is 33.2 Å². The number of benzene rings is 2. The zero-order valence-corrected chi connectivity index (χ0v) is 31.1. The smallest absolute Gasteiger partial charge is 0.416 e. The molecule has 4 saturated carbocycles. The number of ether oxygens (including phenoxy) is 1. The Morgan fingerprint density at radius 3 is 1.95 bits per heavy atom. The summed E-state index contributed by atoms with van der Waals surface area (Å²) in [5, 5.41) is 21.0. The number of carbonyl (C=O) groups is 2. The topological polar surface area (TPSA) is 106 Å². The first-order chi connectivity index (χ1) is 26.4. The first kappa shape index (κ1) is 41.2. The van der Waals surface area contributed by atoms with Crippen LogP contribution in [0.1, 0.15) is 92.4 Å². The van der Waals surface area contributed by atoms with Gasteiger partial charge in [0.1, 0.15) is 5.82 Å². The van der Waals surface area contributed by atoms with Gasteiger partial charge in [-0.25, -0.2) is 4.39 Å². The SMILES string of the molecule is C=C1CCC(C(=O)OC)(C2CC2C#N)C1.N#CC1CC1C1(C(=O)NCc2cc(C(F)(F)F)cc(C(F)(F)F)c2)CCC(N2CCC(c3ccc(F)cc3)CC2)C1. The van der Waals surface area contributed by atoms with Crippen molar-refractivity contribution >= 4 is 11.9 Å². The van der Waals surface area contributed by atoms with Crippen molar-refractivity contribution in [2.24, 2.45) is 34.5 Å². The standard InChI is InChI=1S/C30H30F7N3O.C12H15NO2/c31-24-3-1-19(2-4-24)20-6-9-40(10-7-20)25-5-8-28(15-25,26-13-21(26)16-38)27(41)39-17-18-11-22(29(32,33)34)14-23(12-18)30(35,36)37;1-8-3-4-12(6-8,11(14)15-2)10-5-9(10)7-13/h1-4,11-12,14,20-21,25-26H,5-10,13,15,17H2,(H,39,41);9-10H,1,3-6H2,2H3. The molecule has 1 heterocycles. The molecule has 5 aliphatic rings. The summed E-state index contributed by atoms with van der Waals surface area (Å²) in [6, 6.07) is 12.4. The van der Waals surface area contributed by atoms with E-state index in [1.807, 2.05) is 0 Å². The summed E-state index contributed by atoms with van der Waals surface area (Å²) in [6.07, 6.45) is -2.69. The van der Waals surface area contributed by atoms with Gasteiger partial charge in [0.25, 0.3) is 0 Å². The van der Waals surface area contributed by atoms with Crippen molar-refractivity contribution in [2.75, 3.05) is 20.2 Å². The second-order valence-corrected chi connectivity index (χ2v) is 16.2. The lowest BCUT2D eigenvalue weighted by Crippen LogP contribution is -2.44. The van der Waals surface area contributed by atoms with E-state index >= 15 is 0 Å². The number of nitrogens with zero attached hydrogens (tertiary/aromatic N) is 3. The molecule has 1 aliphatic heterocycles. The van der Waals surface area contributed by atoms with Gasteiger partial charge in [0, 0.05) is 12.6 Å². The first-order valence-electron chi connectivity index (χ1n) is 19.0. The van der Waals surface area contributed by atoms with E-state index in [-0.39, 0.29) is 53.1 Å². The number of carbonyl (C=O) groups excluding carboxylic acids is 2. The van der Waals surface area contributed by atoms with Crippen LogP contribution in [0.2, 0.25) is 0 Å². The third-order valence-electron chi connectivity index (χ3n) is 12.9. The number of likely N-dealkylation sites (tertiary alicyclic amines) is 1. The minimum atomic E-state index is -4.97. The van der Waals surface area contributed by atoms with Crippen LogP contribution in [-0.4, -0.2) is 43.0 Å². The van der Waals surface area contributed by atoms with Crippen molar-refractivity contribution in [3.63, 3.8) is 0 Å². The Balaban J connectivity index is 0.000000295. The lowest BCUT2D eigenvalue weighted by molar-refractivity contribution is -0.154. The van der Waals surface area contributed by atoms with Gasteiger partial charge >= 0.3 is 18.3 Å². The van der Waals surface area contributed by atoms with Crippen molar-refractivity contribution in [2.45, 2.75) is 95.1 Å². The number of halogens is 7. The average Bonchev–Trinajstić information content (AvgIpc) is 4.07. The summed E-state index contributed by atoms with van der Waals surface area (Å²) < 4.78 is 97.9. The number of allylic oxidation sites excluding steroid dienone is 1. The molecule has 1 N–H and O–H groups in total. The van der Waals surface area contributed by atoms with Gasteiger partial charge in [-0.2, -0.15) is 36.9 Å². The Labute approximate surface area is 321 Å². The van der Waals surface area contributed by atoms with Crippen molar-refractivity contribution in [1.29, 1.82) is 10.5 Å². The lowest BCUT2D eigenvalue weighted by Gasteiger charge is -2.37. The van der Waals surface area contributed by atoms with E-state index in [2.05, 4.69) is 28.9 Å². The maximum Gasteiger partial charge on any atom is 0.416 e. The highest BCUT2D eigenvalue weighted by molar-refractivity contribution is 5.84. The second kappa shape index (κ2) is 15.8. The van der Waals surface area contributed by atoms with Gasteiger partial charge < -0.3 is 15.0 Å². The molecule has 2 aromatic rings. The highest BCUT2D eigenvalue weighted by Crippen LogP contribution is 2.60. The number of amides is 1. The summed E-state index contributed by atoms with van der Waals surface area (Å²) in [7, 11) is 1.43. The molecule has 0 spiro atoms. The van der Waals surface area contributed by atoms with Crippen molar-refractivity contribution in [3.8, 4) is 12.1 Å². The third-order valence-corrected chi connectivity index (χ3v) is 12.9. The summed E-state index contributed by atoms with van der Waals surface area (Å²) in [6.45, 7) is 5.04. The minimum Gasteiger partial charge on any atom is -0.469 e. The maximum atomic E-state index is 13.6. The Kier molecular flexibility index (Phi) is 11.7. The number of esters is 1. The average molecular weight is 787 g/mol. The molecule has 0 bridgehead atoms. The fourth-order valence-electron chi connectivity index (χ4n) is 9.65. The first-order valence-corrected chi connectivity index (χ1v) is 19.0. The quantitative estimate of drug-likeness (QED) is 0.163. The fourth-order valence-corrected chi connectivity index (χ4v) is 9.65. The molecule has 0 aromatic heterocycles. The van der Waals surface area contributed by atoms with Crippen LogP contribution in [0.5, 0.6) is 0 Å². The number of rotatable bonds is 8. The van der Waals surface area contributed by atoms with Crippen LogP contribution in [0.25, 0.3) is 0 Å². The molecule has 1 amide bonds. The number of hydrogen-bond donors (Lipinski definition) is 1. The highest BCUT2D eigenvalue weighted by Gasteiger charge is 2.61. The molecule has 5 fully saturated rings. The van der Waals surface area contributed by atoms with Crippen LogP contribution >= 0.6 is 0 Å². The van der Waals surface area contributed by atoms with Gasteiger partial charge in [0.2, 0.25) is 5.91 Å². The van der Waals surface area contributed by atoms with Gasteiger partial charge in [-0.05, 0) is 137 Å². The number of nitrogens with one attached hydrogen (secondary N) is 1. The Morgan fingerprint density at radius 2 is 1.46 bits per heavy atom. The van der Waals surface area contributed by atoms with E-state index < -0.39 is 46.8 Å². The van der Waals surface area contributed by atoms with Gasteiger partial charge in [-0.1, -0.05) is 24.3 Å². The molecule has 14 heteroatoms. The molecule has 300 valence electrons. The lowest BCUT2D eigenvalue weighted by atomic mass is 9.78. The molecule has 7 atom stereocenters. The van der Waals surface area contributed by atoms with Gasteiger partial charge in [-0.3, -0.25) is 9.59 Å². The van der Waals surface area contributed by atoms with Crippen LogP contribution in [0.3, 0.4) is 0 Å². The summed E-state index contributed by atoms with van der Waals surface area (Å²) in [5.41, 5.74) is -2.26. The minimum absolute atomic E-state index is 0.0509. The molecule has 1 saturated heterocycles. The number of piperidine rings is 1. The van der Waals surface area contributed by atoms with E-state index in [1.165, 1.54) is 19.2 Å². The number of methoxy groups -OCH3 is 1. The molecule has 0 radical (unpaired) electrons. The molecule has 56 heavy (non-hydrogen) atoms. The summed E-state index contributed by atoms with van der Waals surface area (Å²) >= 11 is 0. The zero-order chi connectivity index (χ0) is 40.6. The van der Waals surface area contributed by atoms with E-state index in [0.29, 0.717) is 50.2 Å². The number of hydrogen-bond acceptors (Lipinski definition) is 6. The largest absolute Gasteiger partial charge is 0.469 e. The summed E-state index contributed by atoms with van der Waals surface area (Å²) in [4.78, 5) is 27.8. The molecular weight excluding hydrogens is 741 g/mol. The van der Waals surface area contributed by atoms with E-state index in [1.54, 1.807) is 12.1 Å². The second-order valence-electron chi connectivity index (χ2n) is 16.2. The van der Waals surface area contributed by atoms with Crippen LogP contribution in [0.15, 0.2) is 54.6 Å². The normalized spacial score (nSPS) is 30.4. The van der Waals surface area contributed by atoms with Gasteiger partial charge in [0.05, 0.1) is 53.0 Å². The fraction of sp³-hybridized carbons (Fsp3) is 0.571. The van der Waals surface area contributed by atoms with E-state index in [4.69, 9.17) is 10.00 Å².